The zero-order chi connectivity index (χ0) is 10.3. The highest BCUT2D eigenvalue weighted by Gasteiger charge is 2.08. The second-order valence-corrected chi connectivity index (χ2v) is 3.52. The van der Waals surface area contributed by atoms with Gasteiger partial charge in [-0.25, -0.2) is 0 Å². The van der Waals surface area contributed by atoms with E-state index in [1.54, 1.807) is 0 Å². The lowest BCUT2D eigenvalue weighted by Gasteiger charge is -2.20. The molecule has 0 aromatic carbocycles. The molecule has 0 rings (SSSR count). The molecule has 0 bridgehead atoms. The van der Waals surface area contributed by atoms with Gasteiger partial charge in [-0.05, 0) is 20.9 Å². The van der Waals surface area contributed by atoms with Crippen LogP contribution in [0, 0.1) is 0 Å². The number of ether oxygens (including phenoxy) is 1. The van der Waals surface area contributed by atoms with Crippen LogP contribution in [-0.4, -0.2) is 60.7 Å². The van der Waals surface area contributed by atoms with Crippen LogP contribution in [0.4, 0.5) is 0 Å². The Labute approximate surface area is 80.1 Å². The van der Waals surface area contributed by atoms with Crippen LogP contribution in [0.5, 0.6) is 0 Å². The summed E-state index contributed by atoms with van der Waals surface area (Å²) in [5, 5.41) is 18.1. The van der Waals surface area contributed by atoms with Gasteiger partial charge in [-0.15, -0.1) is 0 Å². The lowest BCUT2D eigenvalue weighted by Crippen LogP contribution is -2.34. The highest BCUT2D eigenvalue weighted by molar-refractivity contribution is 4.60. The van der Waals surface area contributed by atoms with Gasteiger partial charge in [0.1, 0.15) is 0 Å². The Morgan fingerprint density at radius 3 is 2.46 bits per heavy atom. The van der Waals surface area contributed by atoms with E-state index in [1.165, 1.54) is 0 Å². The maximum Gasteiger partial charge on any atom is 0.0900 e. The van der Waals surface area contributed by atoms with Gasteiger partial charge in [0.05, 0.1) is 25.4 Å². The fourth-order valence-corrected chi connectivity index (χ4v) is 0.978. The highest BCUT2D eigenvalue weighted by atomic mass is 16.5. The summed E-state index contributed by atoms with van der Waals surface area (Å²) >= 11 is 0. The van der Waals surface area contributed by atoms with Crippen LogP contribution in [0.1, 0.15) is 13.8 Å². The van der Waals surface area contributed by atoms with Crippen LogP contribution in [0.15, 0.2) is 0 Å². The molecule has 0 aliphatic carbocycles. The molecule has 0 spiro atoms. The van der Waals surface area contributed by atoms with Gasteiger partial charge in [0, 0.05) is 13.1 Å². The van der Waals surface area contributed by atoms with Crippen molar-refractivity contribution in [1.82, 2.24) is 4.90 Å². The molecular weight excluding hydrogens is 170 g/mol. The first-order valence-electron chi connectivity index (χ1n) is 4.65. The van der Waals surface area contributed by atoms with Crippen LogP contribution in [0.2, 0.25) is 0 Å². The van der Waals surface area contributed by atoms with Gasteiger partial charge in [0.2, 0.25) is 0 Å². The first-order chi connectivity index (χ1) is 6.06. The van der Waals surface area contributed by atoms with Crippen molar-refractivity contribution < 1.29 is 14.9 Å². The summed E-state index contributed by atoms with van der Waals surface area (Å²) in [5.41, 5.74) is 0. The third-order valence-corrected chi connectivity index (χ3v) is 1.63. The zero-order valence-electron chi connectivity index (χ0n) is 8.73. The topological polar surface area (TPSA) is 52.9 Å². The molecule has 0 saturated heterocycles. The molecule has 4 heteroatoms. The summed E-state index contributed by atoms with van der Waals surface area (Å²) in [4.78, 5) is 1.87. The fraction of sp³-hybridized carbons (Fsp3) is 1.00. The molecule has 80 valence electrons. The Hall–Kier alpha value is -0.160. The Balaban J connectivity index is 3.43. The summed E-state index contributed by atoms with van der Waals surface area (Å²) in [6.07, 6.45) is -0.322. The van der Waals surface area contributed by atoms with Crippen LogP contribution in [0.3, 0.4) is 0 Å². The van der Waals surface area contributed by atoms with Gasteiger partial charge >= 0.3 is 0 Å². The van der Waals surface area contributed by atoms with Crippen molar-refractivity contribution in [3.8, 4) is 0 Å². The van der Waals surface area contributed by atoms with E-state index in [1.807, 2.05) is 25.8 Å². The molecule has 13 heavy (non-hydrogen) atoms. The average Bonchev–Trinajstić information content (AvgIpc) is 2.01. The summed E-state index contributed by atoms with van der Waals surface area (Å²) in [6, 6.07) is 0. The third-order valence-electron chi connectivity index (χ3n) is 1.63. The van der Waals surface area contributed by atoms with E-state index in [9.17, 15) is 5.11 Å². The first kappa shape index (κ1) is 12.8. The summed E-state index contributed by atoms with van der Waals surface area (Å²) in [6.45, 7) is 5.46. The molecule has 4 nitrogen and oxygen atoms in total. The molecule has 0 aliphatic heterocycles. The van der Waals surface area contributed by atoms with E-state index in [0.29, 0.717) is 19.7 Å². The number of rotatable bonds is 7. The van der Waals surface area contributed by atoms with Crippen molar-refractivity contribution in [2.45, 2.75) is 26.1 Å². The minimum atomic E-state index is -0.473. The van der Waals surface area contributed by atoms with Gasteiger partial charge in [-0.2, -0.15) is 0 Å². The van der Waals surface area contributed by atoms with E-state index in [0.717, 1.165) is 0 Å². The Morgan fingerprint density at radius 1 is 1.38 bits per heavy atom. The van der Waals surface area contributed by atoms with Crippen LogP contribution in [-0.2, 0) is 4.74 Å². The van der Waals surface area contributed by atoms with E-state index >= 15 is 0 Å². The van der Waals surface area contributed by atoms with Crippen LogP contribution >= 0.6 is 0 Å². The molecule has 1 unspecified atom stereocenters. The minimum Gasteiger partial charge on any atom is -0.395 e. The molecule has 0 aromatic heterocycles. The fourth-order valence-electron chi connectivity index (χ4n) is 0.978. The quantitative estimate of drug-likeness (QED) is 0.580. The Kier molecular flexibility index (Phi) is 7.17. The average molecular weight is 191 g/mol. The number of aliphatic hydroxyl groups excluding tert-OH is 2. The number of nitrogens with zero attached hydrogens (tertiary/aromatic N) is 1. The summed E-state index contributed by atoms with van der Waals surface area (Å²) < 4.78 is 5.24. The maximum atomic E-state index is 9.45. The van der Waals surface area contributed by atoms with Gasteiger partial charge in [0.15, 0.2) is 0 Å². The van der Waals surface area contributed by atoms with Gasteiger partial charge in [-0.1, -0.05) is 0 Å². The van der Waals surface area contributed by atoms with Crippen LogP contribution in [0.25, 0.3) is 0 Å². The molecular formula is C9H21NO3. The molecule has 0 fully saturated rings. The molecule has 0 aliphatic rings. The van der Waals surface area contributed by atoms with E-state index in [4.69, 9.17) is 9.84 Å². The zero-order valence-corrected chi connectivity index (χ0v) is 8.73. The molecule has 0 aromatic rings. The molecule has 0 amide bonds. The van der Waals surface area contributed by atoms with Crippen molar-refractivity contribution in [1.29, 1.82) is 0 Å². The Bertz CT molecular complexity index is 119. The van der Waals surface area contributed by atoms with Crippen molar-refractivity contribution in [3.05, 3.63) is 0 Å². The standard InChI is InChI=1S/C9H21NO3/c1-8(2)13-7-9(12)6-10(3)4-5-11/h8-9,11-12H,4-7H2,1-3H3. The number of likely N-dealkylation sites (N-methyl/N-ethyl adjacent to an activating group) is 1. The van der Waals surface area contributed by atoms with Crippen LogP contribution < -0.4 is 0 Å². The number of hydrogen-bond donors (Lipinski definition) is 2. The summed E-state index contributed by atoms with van der Waals surface area (Å²) in [5.74, 6) is 0. The minimum absolute atomic E-state index is 0.119. The predicted molar refractivity (Wildman–Crippen MR) is 51.7 cm³/mol. The molecule has 0 radical (unpaired) electrons. The van der Waals surface area contributed by atoms with E-state index in [2.05, 4.69) is 0 Å². The molecule has 1 atom stereocenters. The number of aliphatic hydroxyl groups is 2. The smallest absolute Gasteiger partial charge is 0.0900 e. The highest BCUT2D eigenvalue weighted by Crippen LogP contribution is 1.94. The largest absolute Gasteiger partial charge is 0.395 e. The Morgan fingerprint density at radius 2 is 2.00 bits per heavy atom. The SMILES string of the molecule is CC(C)OCC(O)CN(C)CCO. The molecule has 0 saturated carbocycles. The number of hydrogen-bond acceptors (Lipinski definition) is 4. The lowest BCUT2D eigenvalue weighted by atomic mass is 10.3. The second kappa shape index (κ2) is 7.26. The van der Waals surface area contributed by atoms with E-state index < -0.39 is 6.10 Å². The van der Waals surface area contributed by atoms with Gasteiger partial charge < -0.3 is 19.8 Å². The van der Waals surface area contributed by atoms with E-state index in [-0.39, 0.29) is 12.7 Å². The monoisotopic (exact) mass is 191 g/mol. The first-order valence-corrected chi connectivity index (χ1v) is 4.65. The second-order valence-electron chi connectivity index (χ2n) is 3.52. The van der Waals surface area contributed by atoms with Crippen molar-refractivity contribution >= 4 is 0 Å². The molecule has 0 heterocycles. The van der Waals surface area contributed by atoms with Crippen molar-refractivity contribution in [2.24, 2.45) is 0 Å². The maximum absolute atomic E-state index is 9.45. The summed E-state index contributed by atoms with van der Waals surface area (Å²) in [7, 11) is 1.86. The van der Waals surface area contributed by atoms with Crippen molar-refractivity contribution in [2.75, 3.05) is 33.4 Å². The molecule has 2 N–H and O–H groups in total. The van der Waals surface area contributed by atoms with Gasteiger partial charge in [0.25, 0.3) is 0 Å². The van der Waals surface area contributed by atoms with Crippen molar-refractivity contribution in [3.63, 3.8) is 0 Å². The normalized spacial score (nSPS) is 14.1. The van der Waals surface area contributed by atoms with Gasteiger partial charge in [-0.3, -0.25) is 0 Å². The lowest BCUT2D eigenvalue weighted by molar-refractivity contribution is -0.00678. The third kappa shape index (κ3) is 8.18. The predicted octanol–water partition coefficient (Wildman–Crippen LogP) is -0.304.